The Morgan fingerprint density at radius 2 is 2.21 bits per heavy atom. The van der Waals surface area contributed by atoms with Crippen molar-refractivity contribution in [3.8, 4) is 0 Å². The van der Waals surface area contributed by atoms with E-state index in [0.717, 1.165) is 5.69 Å². The van der Waals surface area contributed by atoms with Crippen LogP contribution in [0.3, 0.4) is 0 Å². The molecule has 0 radical (unpaired) electrons. The zero-order valence-electron chi connectivity index (χ0n) is 7.77. The third kappa shape index (κ3) is 1.50. The Hall–Kier alpha value is -1.72. The van der Waals surface area contributed by atoms with Gasteiger partial charge in [-0.05, 0) is 6.92 Å². The van der Waals surface area contributed by atoms with Crippen molar-refractivity contribution in [2.45, 2.75) is 19.9 Å². The predicted octanol–water partition coefficient (Wildman–Crippen LogP) is 0.216. The van der Waals surface area contributed by atoms with Crippen LogP contribution < -0.4 is 0 Å². The summed E-state index contributed by atoms with van der Waals surface area (Å²) in [4.78, 5) is 16.2. The Bertz CT molecular complexity index is 380. The molecule has 0 saturated carbocycles. The maximum Gasteiger partial charge on any atom is 0.407 e. The van der Waals surface area contributed by atoms with Crippen molar-refractivity contribution in [2.75, 3.05) is 6.54 Å². The van der Waals surface area contributed by atoms with Gasteiger partial charge in [-0.15, -0.1) is 10.2 Å². The van der Waals surface area contributed by atoms with E-state index in [1.54, 1.807) is 6.92 Å². The molecule has 0 bridgehead atoms. The van der Waals surface area contributed by atoms with Gasteiger partial charge < -0.3 is 10.0 Å². The Morgan fingerprint density at radius 3 is 2.93 bits per heavy atom. The highest BCUT2D eigenvalue weighted by atomic mass is 16.4. The second-order valence-corrected chi connectivity index (χ2v) is 3.21. The Labute approximate surface area is 80.6 Å². The van der Waals surface area contributed by atoms with Crippen molar-refractivity contribution in [2.24, 2.45) is 0 Å². The second kappa shape index (κ2) is 3.21. The molecular formula is C8H10N4O2. The van der Waals surface area contributed by atoms with E-state index in [1.165, 1.54) is 4.90 Å². The van der Waals surface area contributed by atoms with Crippen molar-refractivity contribution in [3.05, 3.63) is 17.2 Å². The fourth-order valence-electron chi connectivity index (χ4n) is 1.46. The number of fused-ring (bicyclic) bond motifs is 1. The van der Waals surface area contributed by atoms with Gasteiger partial charge >= 0.3 is 6.09 Å². The van der Waals surface area contributed by atoms with E-state index in [2.05, 4.69) is 15.2 Å². The number of amides is 1. The molecule has 74 valence electrons. The molecule has 1 amide bonds. The third-order valence-corrected chi connectivity index (χ3v) is 2.17. The average molecular weight is 194 g/mol. The van der Waals surface area contributed by atoms with Crippen molar-refractivity contribution >= 4 is 6.09 Å². The van der Waals surface area contributed by atoms with Gasteiger partial charge in [0.15, 0.2) is 0 Å². The number of aryl methyl sites for hydroxylation is 1. The molecule has 0 aromatic carbocycles. The minimum Gasteiger partial charge on any atom is -0.465 e. The van der Waals surface area contributed by atoms with Crippen LogP contribution in [0.15, 0.2) is 0 Å². The predicted molar refractivity (Wildman–Crippen MR) is 46.7 cm³/mol. The number of aromatic nitrogens is 3. The Balaban J connectivity index is 2.27. The first-order valence-electron chi connectivity index (χ1n) is 4.34. The van der Waals surface area contributed by atoms with Crippen molar-refractivity contribution in [1.82, 2.24) is 20.1 Å². The van der Waals surface area contributed by atoms with E-state index in [9.17, 15) is 4.79 Å². The molecule has 0 spiro atoms. The molecule has 14 heavy (non-hydrogen) atoms. The number of hydrogen-bond acceptors (Lipinski definition) is 4. The molecule has 6 nitrogen and oxygen atoms in total. The summed E-state index contributed by atoms with van der Waals surface area (Å²) in [5.74, 6) is 0.632. The summed E-state index contributed by atoms with van der Waals surface area (Å²) in [6.07, 6.45) is -0.295. The van der Waals surface area contributed by atoms with Crippen LogP contribution in [-0.4, -0.2) is 37.8 Å². The zero-order chi connectivity index (χ0) is 10.1. The quantitative estimate of drug-likeness (QED) is 0.638. The molecule has 0 fully saturated rings. The van der Waals surface area contributed by atoms with Gasteiger partial charge in [0.1, 0.15) is 11.5 Å². The van der Waals surface area contributed by atoms with Gasteiger partial charge in [-0.3, -0.25) is 0 Å². The van der Waals surface area contributed by atoms with Crippen molar-refractivity contribution in [1.29, 1.82) is 0 Å². The lowest BCUT2D eigenvalue weighted by Gasteiger charge is -2.24. The molecule has 2 heterocycles. The molecule has 1 N–H and O–H groups in total. The highest BCUT2D eigenvalue weighted by Crippen LogP contribution is 2.13. The minimum absolute atomic E-state index is 0.297. The molecule has 2 rings (SSSR count). The second-order valence-electron chi connectivity index (χ2n) is 3.21. The Morgan fingerprint density at radius 1 is 1.43 bits per heavy atom. The van der Waals surface area contributed by atoms with Crippen LogP contribution in [0.25, 0.3) is 0 Å². The van der Waals surface area contributed by atoms with Crippen molar-refractivity contribution in [3.63, 3.8) is 0 Å². The number of hydrogen-bond donors (Lipinski definition) is 1. The topological polar surface area (TPSA) is 79.2 Å². The molecule has 0 saturated heterocycles. The highest BCUT2D eigenvalue weighted by Gasteiger charge is 2.22. The van der Waals surface area contributed by atoms with Crippen LogP contribution in [0.1, 0.15) is 17.2 Å². The lowest BCUT2D eigenvalue weighted by molar-refractivity contribution is 0.138. The van der Waals surface area contributed by atoms with E-state index in [1.807, 2.05) is 0 Å². The molecule has 1 aliphatic rings. The van der Waals surface area contributed by atoms with Crippen LogP contribution in [0.5, 0.6) is 0 Å². The van der Waals surface area contributed by atoms with Crippen LogP contribution in [-0.2, 0) is 13.0 Å². The molecule has 1 aromatic heterocycles. The fourth-order valence-corrected chi connectivity index (χ4v) is 1.46. The van der Waals surface area contributed by atoms with Crippen molar-refractivity contribution < 1.29 is 9.90 Å². The molecule has 6 heteroatoms. The number of carboxylic acid groups (broad SMARTS) is 1. The fraction of sp³-hybridized carbons (Fsp3) is 0.500. The average Bonchev–Trinajstić information content (AvgIpc) is 2.16. The third-order valence-electron chi connectivity index (χ3n) is 2.17. The zero-order valence-corrected chi connectivity index (χ0v) is 7.77. The molecule has 0 atom stereocenters. The maximum absolute atomic E-state index is 10.7. The number of nitrogens with zero attached hydrogens (tertiary/aromatic N) is 4. The first kappa shape index (κ1) is 8.86. The first-order chi connectivity index (χ1) is 6.66. The molecule has 0 aliphatic carbocycles. The summed E-state index contributed by atoms with van der Waals surface area (Å²) >= 11 is 0. The summed E-state index contributed by atoms with van der Waals surface area (Å²) in [5, 5.41) is 16.5. The van der Waals surface area contributed by atoms with Gasteiger partial charge in [-0.1, -0.05) is 0 Å². The lowest BCUT2D eigenvalue weighted by Crippen LogP contribution is -2.36. The van der Waals surface area contributed by atoms with E-state index in [4.69, 9.17) is 5.11 Å². The smallest absolute Gasteiger partial charge is 0.407 e. The monoisotopic (exact) mass is 194 g/mol. The summed E-state index contributed by atoms with van der Waals surface area (Å²) in [6.45, 7) is 2.56. The van der Waals surface area contributed by atoms with Crippen LogP contribution in [0, 0.1) is 6.92 Å². The first-order valence-corrected chi connectivity index (χ1v) is 4.34. The van der Waals surface area contributed by atoms with Gasteiger partial charge in [-0.25, -0.2) is 9.78 Å². The van der Waals surface area contributed by atoms with E-state index >= 15 is 0 Å². The standard InChI is InChI=1S/C8H10N4O2/c1-5-9-6-2-3-12(8(13)14)4-7(6)11-10-5/h2-4H2,1H3,(H,13,14). The van der Waals surface area contributed by atoms with Gasteiger partial charge in [-0.2, -0.15) is 0 Å². The molecular weight excluding hydrogens is 184 g/mol. The molecule has 1 aliphatic heterocycles. The summed E-state index contributed by atoms with van der Waals surface area (Å²) in [5.41, 5.74) is 1.54. The minimum atomic E-state index is -0.918. The van der Waals surface area contributed by atoms with E-state index in [-0.39, 0.29) is 0 Å². The number of carbonyl (C=O) groups is 1. The lowest BCUT2D eigenvalue weighted by atomic mass is 10.1. The molecule has 0 unspecified atom stereocenters. The van der Waals surface area contributed by atoms with Crippen LogP contribution >= 0.6 is 0 Å². The summed E-state index contributed by atoms with van der Waals surface area (Å²) < 4.78 is 0. The normalized spacial score (nSPS) is 15.1. The van der Waals surface area contributed by atoms with Gasteiger partial charge in [0, 0.05) is 13.0 Å². The van der Waals surface area contributed by atoms with Crippen LogP contribution in [0.4, 0.5) is 4.79 Å². The maximum atomic E-state index is 10.7. The van der Waals surface area contributed by atoms with Gasteiger partial charge in [0.25, 0.3) is 0 Å². The summed E-state index contributed by atoms with van der Waals surface area (Å²) in [7, 11) is 0. The largest absolute Gasteiger partial charge is 0.465 e. The van der Waals surface area contributed by atoms with E-state index < -0.39 is 6.09 Å². The van der Waals surface area contributed by atoms with Gasteiger partial charge in [0.2, 0.25) is 0 Å². The van der Waals surface area contributed by atoms with Gasteiger partial charge in [0.05, 0.1) is 12.2 Å². The number of rotatable bonds is 0. The SMILES string of the molecule is Cc1nnc2c(n1)CCN(C(=O)O)C2. The highest BCUT2D eigenvalue weighted by molar-refractivity contribution is 5.65. The molecule has 1 aromatic rings. The van der Waals surface area contributed by atoms with Crippen LogP contribution in [0.2, 0.25) is 0 Å². The van der Waals surface area contributed by atoms with E-state index in [0.29, 0.717) is 31.0 Å². The Kier molecular flexibility index (Phi) is 2.03. The summed E-state index contributed by atoms with van der Waals surface area (Å²) in [6, 6.07) is 0.